The Balaban J connectivity index is 2.39. The number of aromatic hydroxyl groups is 1. The summed E-state index contributed by atoms with van der Waals surface area (Å²) in [4.78, 5) is 0. The molecular formula is C10H12O2. The van der Waals surface area contributed by atoms with Crippen LogP contribution in [0.25, 0.3) is 0 Å². The molecule has 2 N–H and O–H groups in total. The van der Waals surface area contributed by atoms with Crippen LogP contribution in [0.1, 0.15) is 29.9 Å². The quantitative estimate of drug-likeness (QED) is 0.699. The number of phenolic OH excluding ortho intramolecular Hbond substituents is 1. The normalized spacial score (nSPS) is 16.4. The molecule has 0 radical (unpaired) electrons. The zero-order valence-electron chi connectivity index (χ0n) is 6.83. The van der Waals surface area contributed by atoms with Gasteiger partial charge in [-0.05, 0) is 42.0 Å². The van der Waals surface area contributed by atoms with Gasteiger partial charge in [-0.25, -0.2) is 0 Å². The molecule has 0 aliphatic heterocycles. The van der Waals surface area contributed by atoms with Gasteiger partial charge in [-0.3, -0.25) is 0 Å². The summed E-state index contributed by atoms with van der Waals surface area (Å²) >= 11 is 0. The van der Waals surface area contributed by atoms with Gasteiger partial charge in [0.1, 0.15) is 5.75 Å². The fourth-order valence-electron chi connectivity index (χ4n) is 1.50. The minimum atomic E-state index is 0.0755. The van der Waals surface area contributed by atoms with Crippen LogP contribution < -0.4 is 0 Å². The summed E-state index contributed by atoms with van der Waals surface area (Å²) in [7, 11) is 0. The monoisotopic (exact) mass is 164 g/mol. The number of phenols is 1. The van der Waals surface area contributed by atoms with Crippen molar-refractivity contribution in [2.24, 2.45) is 0 Å². The molecule has 0 heterocycles. The molecule has 0 aromatic heterocycles. The molecule has 2 rings (SSSR count). The summed E-state index contributed by atoms with van der Waals surface area (Å²) in [5.74, 6) is 0.883. The lowest BCUT2D eigenvalue weighted by atomic mass is 10.0. The number of hydrogen-bond acceptors (Lipinski definition) is 2. The van der Waals surface area contributed by atoms with E-state index in [0.717, 1.165) is 11.1 Å². The Hall–Kier alpha value is -1.02. The van der Waals surface area contributed by atoms with Crippen molar-refractivity contribution in [1.82, 2.24) is 0 Å². The van der Waals surface area contributed by atoms with Gasteiger partial charge in [0.2, 0.25) is 0 Å². The SMILES string of the molecule is OCc1ccc(O)cc1C1CC1. The molecule has 2 heteroatoms. The molecule has 1 aromatic rings. The second kappa shape index (κ2) is 2.79. The first-order chi connectivity index (χ1) is 5.81. The third-order valence-corrected chi connectivity index (χ3v) is 2.32. The Morgan fingerprint density at radius 2 is 2.08 bits per heavy atom. The summed E-state index contributed by atoms with van der Waals surface area (Å²) in [5.41, 5.74) is 2.08. The first kappa shape index (κ1) is 7.62. The van der Waals surface area contributed by atoms with Gasteiger partial charge < -0.3 is 10.2 Å². The van der Waals surface area contributed by atoms with E-state index < -0.39 is 0 Å². The summed E-state index contributed by atoms with van der Waals surface area (Å²) in [6.45, 7) is 0.0755. The zero-order valence-corrected chi connectivity index (χ0v) is 6.83. The van der Waals surface area contributed by atoms with Gasteiger partial charge >= 0.3 is 0 Å². The molecule has 0 bridgehead atoms. The molecule has 0 amide bonds. The van der Waals surface area contributed by atoms with Gasteiger partial charge in [0.15, 0.2) is 0 Å². The van der Waals surface area contributed by atoms with Crippen LogP contribution in [0.15, 0.2) is 18.2 Å². The largest absolute Gasteiger partial charge is 0.508 e. The highest BCUT2D eigenvalue weighted by atomic mass is 16.3. The van der Waals surface area contributed by atoms with Crippen LogP contribution in [-0.4, -0.2) is 10.2 Å². The van der Waals surface area contributed by atoms with Crippen molar-refractivity contribution < 1.29 is 10.2 Å². The molecule has 12 heavy (non-hydrogen) atoms. The molecule has 64 valence electrons. The third kappa shape index (κ3) is 1.30. The Morgan fingerprint density at radius 1 is 1.33 bits per heavy atom. The van der Waals surface area contributed by atoms with E-state index >= 15 is 0 Å². The van der Waals surface area contributed by atoms with Crippen molar-refractivity contribution in [3.8, 4) is 5.75 Å². The highest BCUT2D eigenvalue weighted by Crippen LogP contribution is 2.42. The van der Waals surface area contributed by atoms with Crippen LogP contribution in [0.3, 0.4) is 0 Å². The Labute approximate surface area is 71.5 Å². The Morgan fingerprint density at radius 3 is 2.67 bits per heavy atom. The van der Waals surface area contributed by atoms with E-state index in [1.807, 2.05) is 0 Å². The molecule has 1 aromatic carbocycles. The molecule has 1 aliphatic carbocycles. The molecule has 0 unspecified atom stereocenters. The lowest BCUT2D eigenvalue weighted by Gasteiger charge is -2.05. The predicted molar refractivity (Wildman–Crippen MR) is 46.0 cm³/mol. The fourth-order valence-corrected chi connectivity index (χ4v) is 1.50. The van der Waals surface area contributed by atoms with Crippen LogP contribution >= 0.6 is 0 Å². The molecular weight excluding hydrogens is 152 g/mol. The summed E-state index contributed by atoms with van der Waals surface area (Å²) in [6.07, 6.45) is 2.38. The number of hydrogen-bond donors (Lipinski definition) is 2. The standard InChI is InChI=1S/C10H12O2/c11-6-8-3-4-9(12)5-10(8)7-1-2-7/h3-5,7,11-12H,1-2,6H2. The maximum atomic E-state index is 9.23. The van der Waals surface area contributed by atoms with E-state index in [4.69, 9.17) is 5.11 Å². The molecule has 0 atom stereocenters. The summed E-state index contributed by atoms with van der Waals surface area (Å²) in [5, 5.41) is 18.2. The maximum Gasteiger partial charge on any atom is 0.115 e. The number of aliphatic hydroxyl groups excluding tert-OH is 1. The van der Waals surface area contributed by atoms with Crippen LogP contribution in [0.5, 0.6) is 5.75 Å². The fraction of sp³-hybridized carbons (Fsp3) is 0.400. The van der Waals surface area contributed by atoms with Gasteiger partial charge in [0, 0.05) is 0 Å². The first-order valence-electron chi connectivity index (χ1n) is 4.24. The minimum absolute atomic E-state index is 0.0755. The molecule has 0 spiro atoms. The van der Waals surface area contributed by atoms with Crippen LogP contribution in [-0.2, 0) is 6.61 Å². The second-order valence-electron chi connectivity index (χ2n) is 3.32. The van der Waals surface area contributed by atoms with Gasteiger partial charge in [0.05, 0.1) is 6.61 Å². The maximum absolute atomic E-state index is 9.23. The average molecular weight is 164 g/mol. The topological polar surface area (TPSA) is 40.5 Å². The van der Waals surface area contributed by atoms with Crippen molar-refractivity contribution in [3.63, 3.8) is 0 Å². The lowest BCUT2D eigenvalue weighted by molar-refractivity contribution is 0.280. The Kier molecular flexibility index (Phi) is 1.77. The van der Waals surface area contributed by atoms with E-state index in [-0.39, 0.29) is 6.61 Å². The molecule has 1 aliphatic rings. The highest BCUT2D eigenvalue weighted by Gasteiger charge is 2.25. The minimum Gasteiger partial charge on any atom is -0.508 e. The van der Waals surface area contributed by atoms with Gasteiger partial charge in [-0.15, -0.1) is 0 Å². The second-order valence-corrected chi connectivity index (χ2v) is 3.32. The van der Waals surface area contributed by atoms with E-state index in [0.29, 0.717) is 11.7 Å². The van der Waals surface area contributed by atoms with Crippen molar-refractivity contribution in [2.45, 2.75) is 25.4 Å². The van der Waals surface area contributed by atoms with E-state index in [9.17, 15) is 5.11 Å². The zero-order chi connectivity index (χ0) is 8.55. The van der Waals surface area contributed by atoms with E-state index in [2.05, 4.69) is 0 Å². The molecule has 1 fully saturated rings. The van der Waals surface area contributed by atoms with Crippen LogP contribution in [0.4, 0.5) is 0 Å². The number of aliphatic hydroxyl groups is 1. The summed E-state index contributed by atoms with van der Waals surface area (Å²) in [6, 6.07) is 5.18. The van der Waals surface area contributed by atoms with Gasteiger partial charge in [-0.1, -0.05) is 6.07 Å². The lowest BCUT2D eigenvalue weighted by Crippen LogP contribution is -1.90. The van der Waals surface area contributed by atoms with Crippen LogP contribution in [0.2, 0.25) is 0 Å². The number of benzene rings is 1. The first-order valence-corrected chi connectivity index (χ1v) is 4.24. The summed E-state index contributed by atoms with van der Waals surface area (Å²) < 4.78 is 0. The third-order valence-electron chi connectivity index (χ3n) is 2.32. The van der Waals surface area contributed by atoms with E-state index in [1.54, 1.807) is 18.2 Å². The van der Waals surface area contributed by atoms with Gasteiger partial charge in [-0.2, -0.15) is 0 Å². The molecule has 2 nitrogen and oxygen atoms in total. The van der Waals surface area contributed by atoms with Gasteiger partial charge in [0.25, 0.3) is 0 Å². The van der Waals surface area contributed by atoms with Crippen molar-refractivity contribution >= 4 is 0 Å². The average Bonchev–Trinajstić information content (AvgIpc) is 2.87. The molecule has 0 saturated heterocycles. The highest BCUT2D eigenvalue weighted by molar-refractivity contribution is 5.38. The van der Waals surface area contributed by atoms with Crippen LogP contribution in [0, 0.1) is 0 Å². The number of rotatable bonds is 2. The Bertz CT molecular complexity index is 290. The van der Waals surface area contributed by atoms with Crippen molar-refractivity contribution in [3.05, 3.63) is 29.3 Å². The smallest absolute Gasteiger partial charge is 0.115 e. The van der Waals surface area contributed by atoms with Crippen molar-refractivity contribution in [2.75, 3.05) is 0 Å². The predicted octanol–water partition coefficient (Wildman–Crippen LogP) is 1.76. The molecule has 1 saturated carbocycles. The van der Waals surface area contributed by atoms with Crippen molar-refractivity contribution in [1.29, 1.82) is 0 Å². The van der Waals surface area contributed by atoms with E-state index in [1.165, 1.54) is 12.8 Å².